The number of carboxylic acid groups (broad SMARTS) is 1. The van der Waals surface area contributed by atoms with E-state index in [9.17, 15) is 9.90 Å². The molecule has 5 nitrogen and oxygen atoms in total. The molecule has 98 valence electrons. The molecule has 18 heavy (non-hydrogen) atoms. The minimum atomic E-state index is -1.03. The van der Waals surface area contributed by atoms with Crippen LogP contribution in [0, 0.1) is 0 Å². The summed E-state index contributed by atoms with van der Waals surface area (Å²) >= 11 is 0. The van der Waals surface area contributed by atoms with E-state index in [4.69, 9.17) is 14.9 Å². The van der Waals surface area contributed by atoms with Crippen molar-refractivity contribution in [2.24, 2.45) is 0 Å². The smallest absolute Gasteiger partial charge is 0.327 e. The molecule has 1 rings (SSSR count). The molecule has 3 N–H and O–H groups in total. The van der Waals surface area contributed by atoms with Gasteiger partial charge in [-0.2, -0.15) is 0 Å². The lowest BCUT2D eigenvalue weighted by Gasteiger charge is -2.09. The highest BCUT2D eigenvalue weighted by molar-refractivity contribution is 5.79. The number of carbonyl (C=O) groups is 1. The van der Waals surface area contributed by atoms with Crippen LogP contribution in [0.15, 0.2) is 36.4 Å². The first kappa shape index (κ1) is 14.2. The Hall–Kier alpha value is -1.85. The first-order valence-corrected chi connectivity index (χ1v) is 5.54. The lowest BCUT2D eigenvalue weighted by molar-refractivity contribution is -0.131. The first-order chi connectivity index (χ1) is 8.63. The molecule has 0 fully saturated rings. The predicted octanol–water partition coefficient (Wildman–Crippen LogP) is 1.12. The number of aliphatic carboxylic acids is 1. The fourth-order valence-electron chi connectivity index (χ4n) is 1.38. The van der Waals surface area contributed by atoms with Gasteiger partial charge >= 0.3 is 5.97 Å². The van der Waals surface area contributed by atoms with Crippen LogP contribution in [0.4, 0.5) is 0 Å². The maximum atomic E-state index is 10.3. The van der Waals surface area contributed by atoms with Gasteiger partial charge in [0.15, 0.2) is 0 Å². The van der Waals surface area contributed by atoms with Gasteiger partial charge in [-0.25, -0.2) is 4.79 Å². The minimum absolute atomic E-state index is 0.0512. The van der Waals surface area contributed by atoms with Crippen molar-refractivity contribution in [3.8, 4) is 5.75 Å². The third kappa shape index (κ3) is 4.99. The van der Waals surface area contributed by atoms with Crippen molar-refractivity contribution in [3.63, 3.8) is 0 Å². The van der Waals surface area contributed by atoms with Gasteiger partial charge in [-0.05, 0) is 24.1 Å². The van der Waals surface area contributed by atoms with Crippen LogP contribution in [0.5, 0.6) is 5.75 Å². The number of ether oxygens (including phenoxy) is 1. The summed E-state index contributed by atoms with van der Waals surface area (Å²) in [6.07, 6.45) is 1.90. The Bertz CT molecular complexity index is 396. The Labute approximate surface area is 105 Å². The van der Waals surface area contributed by atoms with Crippen LogP contribution >= 0.6 is 0 Å². The molecule has 1 atom stereocenters. The van der Waals surface area contributed by atoms with E-state index < -0.39 is 12.1 Å². The van der Waals surface area contributed by atoms with Gasteiger partial charge in [0.25, 0.3) is 0 Å². The Kier molecular flexibility index (Phi) is 5.90. The monoisotopic (exact) mass is 252 g/mol. The van der Waals surface area contributed by atoms with Crippen LogP contribution in [0.3, 0.4) is 0 Å². The molecule has 0 radical (unpaired) electrons. The van der Waals surface area contributed by atoms with E-state index in [1.54, 1.807) is 24.3 Å². The molecule has 0 amide bonds. The molecule has 0 unspecified atom stereocenters. The average Bonchev–Trinajstić information content (AvgIpc) is 2.36. The second kappa shape index (κ2) is 7.47. The van der Waals surface area contributed by atoms with E-state index in [1.165, 1.54) is 6.08 Å². The maximum absolute atomic E-state index is 10.3. The van der Waals surface area contributed by atoms with Gasteiger partial charge in [-0.15, -0.1) is 0 Å². The number of hydrogen-bond acceptors (Lipinski definition) is 4. The normalized spacial score (nSPS) is 12.6. The molecule has 0 aliphatic heterocycles. The SMILES string of the molecule is O=C(O)/C=C/C[C@H](O)c1ccc(OCCO)cc1. The van der Waals surface area contributed by atoms with Crippen molar-refractivity contribution in [1.29, 1.82) is 0 Å². The van der Waals surface area contributed by atoms with Crippen LogP contribution in [0.1, 0.15) is 18.1 Å². The molecule has 0 bridgehead atoms. The number of benzene rings is 1. The number of carboxylic acids is 1. The Morgan fingerprint density at radius 3 is 2.56 bits per heavy atom. The van der Waals surface area contributed by atoms with Gasteiger partial charge in [0.1, 0.15) is 12.4 Å². The van der Waals surface area contributed by atoms with Gasteiger partial charge in [0.05, 0.1) is 12.7 Å². The van der Waals surface area contributed by atoms with Crippen LogP contribution in [0.2, 0.25) is 0 Å². The second-order valence-electron chi connectivity index (χ2n) is 3.63. The molecule has 1 aromatic carbocycles. The zero-order valence-corrected chi connectivity index (χ0v) is 9.82. The topological polar surface area (TPSA) is 87.0 Å². The summed E-state index contributed by atoms with van der Waals surface area (Å²) in [6.45, 7) is 0.174. The molecule has 0 aliphatic carbocycles. The van der Waals surface area contributed by atoms with Gasteiger partial charge in [-0.1, -0.05) is 18.2 Å². The van der Waals surface area contributed by atoms with E-state index in [0.717, 1.165) is 6.08 Å². The van der Waals surface area contributed by atoms with E-state index in [-0.39, 0.29) is 19.6 Å². The fraction of sp³-hybridized carbons (Fsp3) is 0.308. The fourth-order valence-corrected chi connectivity index (χ4v) is 1.38. The van der Waals surface area contributed by atoms with Crippen molar-refractivity contribution in [2.45, 2.75) is 12.5 Å². The molecule has 0 aromatic heterocycles. The molecular formula is C13H16O5. The second-order valence-corrected chi connectivity index (χ2v) is 3.63. The molecule has 1 aromatic rings. The molecule has 0 aliphatic rings. The molecular weight excluding hydrogens is 236 g/mol. The Morgan fingerprint density at radius 1 is 1.33 bits per heavy atom. The summed E-state index contributed by atoms with van der Waals surface area (Å²) in [5.41, 5.74) is 0.682. The van der Waals surface area contributed by atoms with Crippen LogP contribution in [-0.2, 0) is 4.79 Å². The molecule has 5 heteroatoms. The van der Waals surface area contributed by atoms with Gasteiger partial charge < -0.3 is 20.1 Å². The van der Waals surface area contributed by atoms with Crippen molar-refractivity contribution in [2.75, 3.05) is 13.2 Å². The number of aliphatic hydroxyl groups excluding tert-OH is 2. The summed E-state index contributed by atoms with van der Waals surface area (Å²) in [5.74, 6) is -0.420. The van der Waals surface area contributed by atoms with E-state index in [2.05, 4.69) is 0 Å². The summed E-state index contributed by atoms with van der Waals surface area (Å²) in [7, 11) is 0. The standard InChI is InChI=1S/C13H16O5/c14-8-9-18-11-6-4-10(5-7-11)12(15)2-1-3-13(16)17/h1,3-7,12,14-15H,2,8-9H2,(H,16,17)/b3-1+/t12-/m0/s1. The number of hydrogen-bond donors (Lipinski definition) is 3. The zero-order valence-electron chi connectivity index (χ0n) is 9.82. The van der Waals surface area contributed by atoms with Crippen molar-refractivity contribution in [3.05, 3.63) is 42.0 Å². The average molecular weight is 252 g/mol. The van der Waals surface area contributed by atoms with Crippen molar-refractivity contribution < 1.29 is 24.9 Å². The third-order valence-corrected chi connectivity index (χ3v) is 2.24. The van der Waals surface area contributed by atoms with Crippen LogP contribution in [-0.4, -0.2) is 34.5 Å². The van der Waals surface area contributed by atoms with Gasteiger partial charge in [0.2, 0.25) is 0 Å². The third-order valence-electron chi connectivity index (χ3n) is 2.24. The quantitative estimate of drug-likeness (QED) is 0.633. The van der Waals surface area contributed by atoms with E-state index in [1.807, 2.05) is 0 Å². The zero-order chi connectivity index (χ0) is 13.4. The highest BCUT2D eigenvalue weighted by Crippen LogP contribution is 2.20. The molecule has 0 spiro atoms. The molecule has 0 saturated heterocycles. The van der Waals surface area contributed by atoms with E-state index in [0.29, 0.717) is 11.3 Å². The van der Waals surface area contributed by atoms with Crippen molar-refractivity contribution in [1.82, 2.24) is 0 Å². The lowest BCUT2D eigenvalue weighted by Crippen LogP contribution is -2.02. The largest absolute Gasteiger partial charge is 0.491 e. The maximum Gasteiger partial charge on any atom is 0.327 e. The first-order valence-electron chi connectivity index (χ1n) is 5.54. The molecule has 0 heterocycles. The van der Waals surface area contributed by atoms with Crippen molar-refractivity contribution >= 4 is 5.97 Å². The summed E-state index contributed by atoms with van der Waals surface area (Å²) in [5, 5.41) is 26.8. The minimum Gasteiger partial charge on any atom is -0.491 e. The van der Waals surface area contributed by atoms with Gasteiger partial charge in [0, 0.05) is 6.08 Å². The lowest BCUT2D eigenvalue weighted by atomic mass is 10.1. The summed E-state index contributed by atoms with van der Waals surface area (Å²) in [6, 6.07) is 6.78. The van der Waals surface area contributed by atoms with Crippen LogP contribution < -0.4 is 4.74 Å². The molecule has 0 saturated carbocycles. The van der Waals surface area contributed by atoms with E-state index >= 15 is 0 Å². The Balaban J connectivity index is 2.53. The predicted molar refractivity (Wildman–Crippen MR) is 65.4 cm³/mol. The van der Waals surface area contributed by atoms with Gasteiger partial charge in [-0.3, -0.25) is 0 Å². The summed E-state index contributed by atoms with van der Waals surface area (Å²) < 4.78 is 5.18. The Morgan fingerprint density at radius 2 is 2.00 bits per heavy atom. The number of aliphatic hydroxyl groups is 2. The summed E-state index contributed by atoms with van der Waals surface area (Å²) in [4.78, 5) is 10.3. The van der Waals surface area contributed by atoms with Crippen LogP contribution in [0.25, 0.3) is 0 Å². The highest BCUT2D eigenvalue weighted by Gasteiger charge is 2.05. The number of rotatable bonds is 7. The highest BCUT2D eigenvalue weighted by atomic mass is 16.5.